The molecule has 0 bridgehead atoms. The molecule has 2 nitrogen and oxygen atoms in total. The Hall–Kier alpha value is -1.32. The number of aromatic nitrogens is 1. The average Bonchev–Trinajstić information content (AvgIpc) is 2.94. The highest BCUT2D eigenvalue weighted by Crippen LogP contribution is 2.32. The van der Waals surface area contributed by atoms with Gasteiger partial charge < -0.3 is 0 Å². The van der Waals surface area contributed by atoms with Crippen LogP contribution < -0.4 is 0 Å². The molecule has 1 aromatic carbocycles. The first-order chi connectivity index (χ1) is 9.78. The predicted octanol–water partition coefficient (Wildman–Crippen LogP) is 4.24. The van der Waals surface area contributed by atoms with Gasteiger partial charge in [-0.05, 0) is 62.0 Å². The van der Waals surface area contributed by atoms with Crippen LogP contribution in [0.3, 0.4) is 0 Å². The van der Waals surface area contributed by atoms with Crippen molar-refractivity contribution in [1.82, 2.24) is 9.88 Å². The number of likely N-dealkylation sites (tertiary alicyclic amines) is 1. The molecule has 20 heavy (non-hydrogen) atoms. The summed E-state index contributed by atoms with van der Waals surface area (Å²) in [6.45, 7) is 1.19. The number of thioether (sulfide) groups is 1. The highest BCUT2D eigenvalue weighted by atomic mass is 32.2. The van der Waals surface area contributed by atoms with E-state index in [-0.39, 0.29) is 0 Å². The second-order valence-corrected chi connectivity index (χ2v) is 6.25. The lowest BCUT2D eigenvalue weighted by Gasteiger charge is -2.20. The Labute approximate surface area is 125 Å². The lowest BCUT2D eigenvalue weighted by Crippen LogP contribution is -2.17. The van der Waals surface area contributed by atoms with E-state index in [4.69, 9.17) is 0 Å². The van der Waals surface area contributed by atoms with Gasteiger partial charge in [0, 0.05) is 28.9 Å². The molecule has 0 saturated carbocycles. The number of pyridine rings is 1. The van der Waals surface area contributed by atoms with E-state index in [9.17, 15) is 0 Å². The van der Waals surface area contributed by atoms with Crippen molar-refractivity contribution in [3.63, 3.8) is 0 Å². The third-order valence-corrected chi connectivity index (χ3v) is 4.83. The van der Waals surface area contributed by atoms with Gasteiger partial charge in [0.25, 0.3) is 0 Å². The van der Waals surface area contributed by atoms with E-state index >= 15 is 0 Å². The number of hydrogen-bond donors (Lipinski definition) is 0. The molecule has 1 unspecified atom stereocenters. The van der Waals surface area contributed by atoms with Crippen LogP contribution in [0.2, 0.25) is 0 Å². The van der Waals surface area contributed by atoms with E-state index in [2.05, 4.69) is 53.5 Å². The van der Waals surface area contributed by atoms with Gasteiger partial charge in [-0.2, -0.15) is 0 Å². The minimum atomic E-state index is 0.535. The monoisotopic (exact) mass is 284 g/mol. The third-order valence-electron chi connectivity index (χ3n) is 4.09. The first-order valence-electron chi connectivity index (χ1n) is 7.07. The molecule has 3 heteroatoms. The molecule has 0 amide bonds. The predicted molar refractivity (Wildman–Crippen MR) is 86.1 cm³/mol. The number of hydrogen-bond acceptors (Lipinski definition) is 3. The second-order valence-electron chi connectivity index (χ2n) is 5.37. The van der Waals surface area contributed by atoms with Crippen LogP contribution in [-0.4, -0.2) is 29.7 Å². The Morgan fingerprint density at radius 2 is 1.95 bits per heavy atom. The summed E-state index contributed by atoms with van der Waals surface area (Å²) in [7, 11) is 2.21. The Kier molecular flexibility index (Phi) is 4.08. The summed E-state index contributed by atoms with van der Waals surface area (Å²) in [4.78, 5) is 8.18. The molecule has 2 heterocycles. The summed E-state index contributed by atoms with van der Waals surface area (Å²) in [5, 5.41) is 0. The van der Waals surface area contributed by atoms with Gasteiger partial charge in [-0.25, -0.2) is 0 Å². The highest BCUT2D eigenvalue weighted by Gasteiger charge is 2.22. The molecule has 1 aliphatic rings. The van der Waals surface area contributed by atoms with E-state index in [1.54, 1.807) is 11.8 Å². The van der Waals surface area contributed by atoms with Crippen molar-refractivity contribution in [1.29, 1.82) is 0 Å². The van der Waals surface area contributed by atoms with Crippen molar-refractivity contribution in [2.75, 3.05) is 19.8 Å². The molecular formula is C17H20N2S. The molecule has 0 spiro atoms. The minimum absolute atomic E-state index is 0.535. The zero-order chi connectivity index (χ0) is 13.9. The normalized spacial score (nSPS) is 19.4. The van der Waals surface area contributed by atoms with Crippen LogP contribution in [0.15, 0.2) is 47.6 Å². The molecule has 2 aromatic rings. The second kappa shape index (κ2) is 5.98. The molecule has 0 radical (unpaired) electrons. The molecule has 1 saturated heterocycles. The lowest BCUT2D eigenvalue weighted by molar-refractivity contribution is 0.317. The Bertz CT molecular complexity index is 580. The summed E-state index contributed by atoms with van der Waals surface area (Å²) >= 11 is 1.77. The van der Waals surface area contributed by atoms with E-state index in [0.717, 1.165) is 0 Å². The zero-order valence-electron chi connectivity index (χ0n) is 12.0. The van der Waals surface area contributed by atoms with Crippen LogP contribution in [0.1, 0.15) is 24.4 Å². The smallest absolute Gasteiger partial charge is 0.0361 e. The van der Waals surface area contributed by atoms with E-state index in [1.165, 1.54) is 41.0 Å². The van der Waals surface area contributed by atoms with Crippen LogP contribution in [0.5, 0.6) is 0 Å². The molecular weight excluding hydrogens is 264 g/mol. The van der Waals surface area contributed by atoms with Crippen molar-refractivity contribution < 1.29 is 0 Å². The number of benzene rings is 1. The quantitative estimate of drug-likeness (QED) is 0.784. The van der Waals surface area contributed by atoms with E-state index < -0.39 is 0 Å². The van der Waals surface area contributed by atoms with Crippen LogP contribution in [0, 0.1) is 0 Å². The van der Waals surface area contributed by atoms with Crippen LogP contribution in [0.4, 0.5) is 0 Å². The first-order valence-corrected chi connectivity index (χ1v) is 8.30. The molecule has 1 atom stereocenters. The molecule has 0 aliphatic carbocycles. The van der Waals surface area contributed by atoms with Gasteiger partial charge in [-0.3, -0.25) is 9.88 Å². The third kappa shape index (κ3) is 2.74. The number of nitrogens with zero attached hydrogens (tertiary/aromatic N) is 2. The van der Waals surface area contributed by atoms with Gasteiger partial charge >= 0.3 is 0 Å². The van der Waals surface area contributed by atoms with Crippen LogP contribution >= 0.6 is 11.8 Å². The van der Waals surface area contributed by atoms with Crippen LogP contribution in [0.25, 0.3) is 11.1 Å². The lowest BCUT2D eigenvalue weighted by atomic mass is 10.0. The summed E-state index contributed by atoms with van der Waals surface area (Å²) in [5.74, 6) is 0. The fourth-order valence-corrected chi connectivity index (χ4v) is 3.32. The fraction of sp³-hybridized carbons (Fsp3) is 0.353. The fourth-order valence-electron chi connectivity index (χ4n) is 2.91. The zero-order valence-corrected chi connectivity index (χ0v) is 12.9. The SMILES string of the molecule is CSc1ccc(-c2cncc(C3CCCN3C)c2)cc1. The molecule has 1 aliphatic heterocycles. The van der Waals surface area contributed by atoms with Gasteiger partial charge in [-0.15, -0.1) is 11.8 Å². The minimum Gasteiger partial charge on any atom is -0.299 e. The van der Waals surface area contributed by atoms with Gasteiger partial charge in [0.2, 0.25) is 0 Å². The van der Waals surface area contributed by atoms with Gasteiger partial charge in [0.15, 0.2) is 0 Å². The summed E-state index contributed by atoms with van der Waals surface area (Å²) in [5.41, 5.74) is 3.81. The Balaban J connectivity index is 1.90. The molecule has 1 aromatic heterocycles. The highest BCUT2D eigenvalue weighted by molar-refractivity contribution is 7.98. The van der Waals surface area contributed by atoms with Gasteiger partial charge in [0.1, 0.15) is 0 Å². The topological polar surface area (TPSA) is 16.1 Å². The van der Waals surface area contributed by atoms with Gasteiger partial charge in [0.05, 0.1) is 0 Å². The van der Waals surface area contributed by atoms with Crippen molar-refractivity contribution in [3.05, 3.63) is 48.3 Å². The number of rotatable bonds is 3. The summed E-state index contributed by atoms with van der Waals surface area (Å²) in [6.07, 6.45) is 8.62. The van der Waals surface area contributed by atoms with Crippen molar-refractivity contribution in [2.24, 2.45) is 0 Å². The largest absolute Gasteiger partial charge is 0.299 e. The van der Waals surface area contributed by atoms with Crippen LogP contribution in [-0.2, 0) is 0 Å². The van der Waals surface area contributed by atoms with Crippen molar-refractivity contribution in [3.8, 4) is 11.1 Å². The van der Waals surface area contributed by atoms with Crippen molar-refractivity contribution in [2.45, 2.75) is 23.8 Å². The van der Waals surface area contributed by atoms with E-state index in [0.29, 0.717) is 6.04 Å². The van der Waals surface area contributed by atoms with Crippen molar-refractivity contribution >= 4 is 11.8 Å². The maximum Gasteiger partial charge on any atom is 0.0361 e. The molecule has 104 valence electrons. The summed E-state index contributed by atoms with van der Waals surface area (Å²) in [6, 6.07) is 11.6. The molecule has 0 N–H and O–H groups in total. The molecule has 1 fully saturated rings. The molecule has 3 rings (SSSR count). The Morgan fingerprint density at radius 1 is 1.15 bits per heavy atom. The maximum absolute atomic E-state index is 4.45. The Morgan fingerprint density at radius 3 is 2.60 bits per heavy atom. The van der Waals surface area contributed by atoms with E-state index in [1.807, 2.05) is 12.4 Å². The average molecular weight is 284 g/mol. The summed E-state index contributed by atoms with van der Waals surface area (Å²) < 4.78 is 0. The standard InChI is InChI=1S/C17H20N2S/c1-19-9-3-4-17(19)15-10-14(11-18-12-15)13-5-7-16(20-2)8-6-13/h5-8,10-12,17H,3-4,9H2,1-2H3. The first kappa shape index (κ1) is 13.7. The maximum atomic E-state index is 4.45. The van der Waals surface area contributed by atoms with Gasteiger partial charge in [-0.1, -0.05) is 12.1 Å².